The Balaban J connectivity index is 0.000001000. The second-order valence-electron chi connectivity index (χ2n) is 2.04. The molecule has 0 saturated heterocycles. The fraction of sp³-hybridized carbons (Fsp3) is 0.600. The number of hydrogen-bond acceptors (Lipinski definition) is 5. The van der Waals surface area contributed by atoms with Gasteiger partial charge in [0.05, 0.1) is 12.6 Å². The van der Waals surface area contributed by atoms with Crippen molar-refractivity contribution in [3.8, 4) is 0 Å². The summed E-state index contributed by atoms with van der Waals surface area (Å²) < 4.78 is 4.75. The molecule has 64 valence electrons. The summed E-state index contributed by atoms with van der Waals surface area (Å²) in [6, 6.07) is -0.215. The molecule has 0 bridgehead atoms. The largest absolute Gasteiger partial charge is 0.338 e. The lowest BCUT2D eigenvalue weighted by atomic mass is 10.4. The van der Waals surface area contributed by atoms with Crippen molar-refractivity contribution in [1.82, 2.24) is 10.1 Å². The van der Waals surface area contributed by atoms with Crippen molar-refractivity contribution >= 4 is 12.4 Å². The Morgan fingerprint density at radius 1 is 1.64 bits per heavy atom. The average Bonchev–Trinajstić information content (AvgIpc) is 2.34. The van der Waals surface area contributed by atoms with Crippen LogP contribution in [0.2, 0.25) is 0 Å². The third-order valence-corrected chi connectivity index (χ3v) is 1.06. The van der Waals surface area contributed by atoms with Crippen LogP contribution in [0.5, 0.6) is 0 Å². The average molecular weight is 179 g/mol. The van der Waals surface area contributed by atoms with Gasteiger partial charge < -0.3 is 16.0 Å². The van der Waals surface area contributed by atoms with Gasteiger partial charge in [-0.05, 0) is 6.92 Å². The maximum atomic E-state index is 5.44. The van der Waals surface area contributed by atoms with E-state index in [-0.39, 0.29) is 25.0 Å². The van der Waals surface area contributed by atoms with Crippen LogP contribution in [-0.4, -0.2) is 10.1 Å². The van der Waals surface area contributed by atoms with Gasteiger partial charge in [-0.2, -0.15) is 4.98 Å². The Morgan fingerprint density at radius 3 is 2.55 bits per heavy atom. The lowest BCUT2D eigenvalue weighted by molar-refractivity contribution is 0.357. The van der Waals surface area contributed by atoms with Gasteiger partial charge in [0.15, 0.2) is 5.82 Å². The van der Waals surface area contributed by atoms with Crippen LogP contribution < -0.4 is 11.5 Å². The van der Waals surface area contributed by atoms with Crippen molar-refractivity contribution in [3.05, 3.63) is 11.7 Å². The highest BCUT2D eigenvalue weighted by Crippen LogP contribution is 2.04. The van der Waals surface area contributed by atoms with Gasteiger partial charge >= 0.3 is 0 Å². The maximum absolute atomic E-state index is 5.44. The topological polar surface area (TPSA) is 91.0 Å². The molecule has 1 rings (SSSR count). The molecule has 0 saturated carbocycles. The van der Waals surface area contributed by atoms with Crippen LogP contribution in [0.1, 0.15) is 24.7 Å². The van der Waals surface area contributed by atoms with E-state index in [9.17, 15) is 0 Å². The molecule has 0 aliphatic rings. The number of nitrogens with zero attached hydrogens (tertiary/aromatic N) is 2. The Bertz CT molecular complexity index is 212. The van der Waals surface area contributed by atoms with Crippen molar-refractivity contribution in [2.75, 3.05) is 0 Å². The zero-order chi connectivity index (χ0) is 7.56. The molecule has 5 nitrogen and oxygen atoms in total. The molecule has 0 unspecified atom stereocenters. The van der Waals surface area contributed by atoms with E-state index in [1.807, 2.05) is 0 Å². The van der Waals surface area contributed by atoms with Crippen LogP contribution in [0, 0.1) is 0 Å². The summed E-state index contributed by atoms with van der Waals surface area (Å²) in [5.74, 6) is 0.924. The molecule has 1 aromatic rings. The predicted octanol–water partition coefficient (Wildman–Crippen LogP) is -0.0302. The third-order valence-electron chi connectivity index (χ3n) is 1.06. The summed E-state index contributed by atoms with van der Waals surface area (Å²) in [7, 11) is 0. The summed E-state index contributed by atoms with van der Waals surface area (Å²) in [6.07, 6.45) is 0. The van der Waals surface area contributed by atoms with Crippen molar-refractivity contribution in [2.24, 2.45) is 11.5 Å². The van der Waals surface area contributed by atoms with Crippen LogP contribution >= 0.6 is 12.4 Å². The van der Waals surface area contributed by atoms with Crippen molar-refractivity contribution < 1.29 is 4.52 Å². The van der Waals surface area contributed by atoms with E-state index in [0.717, 1.165) is 0 Å². The van der Waals surface area contributed by atoms with E-state index < -0.39 is 0 Å². The molecule has 11 heavy (non-hydrogen) atoms. The lowest BCUT2D eigenvalue weighted by Crippen LogP contribution is -2.05. The molecule has 0 aliphatic carbocycles. The number of nitrogens with two attached hydrogens (primary N) is 2. The highest BCUT2D eigenvalue weighted by Gasteiger charge is 2.07. The molecule has 4 N–H and O–H groups in total. The van der Waals surface area contributed by atoms with Gasteiger partial charge in [-0.15, -0.1) is 12.4 Å². The van der Waals surface area contributed by atoms with E-state index in [4.69, 9.17) is 16.0 Å². The summed E-state index contributed by atoms with van der Waals surface area (Å²) >= 11 is 0. The molecule has 0 radical (unpaired) electrons. The molecule has 0 fully saturated rings. The van der Waals surface area contributed by atoms with Crippen LogP contribution in [0.25, 0.3) is 0 Å². The van der Waals surface area contributed by atoms with Crippen LogP contribution in [-0.2, 0) is 6.54 Å². The van der Waals surface area contributed by atoms with E-state index in [2.05, 4.69) is 10.1 Å². The molecule has 0 spiro atoms. The summed E-state index contributed by atoms with van der Waals surface area (Å²) in [5.41, 5.74) is 10.7. The lowest BCUT2D eigenvalue weighted by Gasteiger charge is -1.92. The van der Waals surface area contributed by atoms with Crippen LogP contribution in [0.4, 0.5) is 0 Å². The number of halogens is 1. The SMILES string of the molecule is C[C@@H](N)c1nc(CN)no1.Cl. The number of rotatable bonds is 2. The summed E-state index contributed by atoms with van der Waals surface area (Å²) in [4.78, 5) is 3.90. The Hall–Kier alpha value is -0.650. The fourth-order valence-electron chi connectivity index (χ4n) is 0.535. The Labute approximate surface area is 70.5 Å². The highest BCUT2D eigenvalue weighted by molar-refractivity contribution is 5.85. The summed E-state index contributed by atoms with van der Waals surface area (Å²) in [6.45, 7) is 2.06. The predicted molar refractivity (Wildman–Crippen MR) is 42.0 cm³/mol. The molecule has 1 aromatic heterocycles. The minimum Gasteiger partial charge on any atom is -0.338 e. The number of hydrogen-bond donors (Lipinski definition) is 2. The number of aromatic nitrogens is 2. The fourth-order valence-corrected chi connectivity index (χ4v) is 0.535. The smallest absolute Gasteiger partial charge is 0.243 e. The third kappa shape index (κ3) is 2.45. The van der Waals surface area contributed by atoms with Gasteiger partial charge in [-0.1, -0.05) is 5.16 Å². The first-order chi connectivity index (χ1) is 4.74. The first kappa shape index (κ1) is 10.3. The minimum atomic E-state index is -0.215. The van der Waals surface area contributed by atoms with Gasteiger partial charge in [0.2, 0.25) is 5.89 Å². The molecule has 6 heteroatoms. The standard InChI is InChI=1S/C5H10N4O.ClH/c1-3(7)5-8-4(2-6)9-10-5;/h3H,2,6-7H2,1H3;1H/t3-;/m1./s1. The second-order valence-corrected chi connectivity index (χ2v) is 2.04. The first-order valence-electron chi connectivity index (χ1n) is 3.02. The van der Waals surface area contributed by atoms with Crippen molar-refractivity contribution in [1.29, 1.82) is 0 Å². The molecular weight excluding hydrogens is 168 g/mol. The molecule has 0 aliphatic heterocycles. The van der Waals surface area contributed by atoms with Gasteiger partial charge in [-0.25, -0.2) is 0 Å². The van der Waals surface area contributed by atoms with E-state index >= 15 is 0 Å². The van der Waals surface area contributed by atoms with Crippen LogP contribution in [0.15, 0.2) is 4.52 Å². The van der Waals surface area contributed by atoms with E-state index in [1.54, 1.807) is 6.92 Å². The molecule has 0 amide bonds. The van der Waals surface area contributed by atoms with Gasteiger partial charge in [-0.3, -0.25) is 0 Å². The molecular formula is C5H11ClN4O. The van der Waals surface area contributed by atoms with Gasteiger partial charge in [0, 0.05) is 0 Å². The minimum absolute atomic E-state index is 0. The monoisotopic (exact) mass is 178 g/mol. The Morgan fingerprint density at radius 2 is 2.27 bits per heavy atom. The van der Waals surface area contributed by atoms with E-state index in [1.165, 1.54) is 0 Å². The van der Waals surface area contributed by atoms with E-state index in [0.29, 0.717) is 11.7 Å². The Kier molecular flexibility index (Phi) is 4.02. The normalized spacial score (nSPS) is 12.3. The van der Waals surface area contributed by atoms with Gasteiger partial charge in [0.1, 0.15) is 0 Å². The highest BCUT2D eigenvalue weighted by atomic mass is 35.5. The first-order valence-corrected chi connectivity index (χ1v) is 3.02. The second kappa shape index (κ2) is 4.27. The quantitative estimate of drug-likeness (QED) is 0.664. The maximum Gasteiger partial charge on any atom is 0.243 e. The molecule has 0 aromatic carbocycles. The zero-order valence-corrected chi connectivity index (χ0v) is 6.97. The van der Waals surface area contributed by atoms with Crippen molar-refractivity contribution in [3.63, 3.8) is 0 Å². The summed E-state index contributed by atoms with van der Waals surface area (Å²) in [5, 5.41) is 3.56. The zero-order valence-electron chi connectivity index (χ0n) is 6.15. The molecule has 1 atom stereocenters. The van der Waals surface area contributed by atoms with Gasteiger partial charge in [0.25, 0.3) is 0 Å². The van der Waals surface area contributed by atoms with Crippen molar-refractivity contribution in [2.45, 2.75) is 19.5 Å². The molecule has 1 heterocycles. The van der Waals surface area contributed by atoms with Crippen LogP contribution in [0.3, 0.4) is 0 Å².